The Hall–Kier alpha value is -2.19. The van der Waals surface area contributed by atoms with E-state index in [4.69, 9.17) is 16.3 Å². The number of anilines is 1. The molecule has 0 aliphatic heterocycles. The third-order valence-electron chi connectivity index (χ3n) is 2.49. The molecule has 1 heterocycles. The predicted molar refractivity (Wildman–Crippen MR) is 81.3 cm³/mol. The lowest BCUT2D eigenvalue weighted by atomic mass is 10.3. The van der Waals surface area contributed by atoms with Crippen LogP contribution in [0.2, 0.25) is 5.02 Å². The molecule has 0 radical (unpaired) electrons. The van der Waals surface area contributed by atoms with E-state index in [1.54, 1.807) is 17.5 Å². The largest absolute Gasteiger partial charge is 0.451 e. The van der Waals surface area contributed by atoms with E-state index in [-0.39, 0.29) is 16.5 Å². The molecule has 1 amide bonds. The maximum Gasteiger partial charge on any atom is 0.387 e. The molecule has 5 nitrogen and oxygen atoms in total. The number of carbonyl (C=O) groups excluding carboxylic acids is 2. The average molecular weight is 362 g/mol. The number of alkyl halides is 2. The lowest BCUT2D eigenvalue weighted by Gasteiger charge is -2.09. The molecular weight excluding hydrogens is 352 g/mol. The van der Waals surface area contributed by atoms with Crippen LogP contribution in [-0.4, -0.2) is 25.1 Å². The summed E-state index contributed by atoms with van der Waals surface area (Å²) in [4.78, 5) is 23.6. The fourth-order valence-corrected chi connectivity index (χ4v) is 2.41. The van der Waals surface area contributed by atoms with Gasteiger partial charge in [-0.15, -0.1) is 11.3 Å². The number of rotatable bonds is 6. The van der Waals surface area contributed by atoms with Gasteiger partial charge in [-0.05, 0) is 29.6 Å². The first-order valence-electron chi connectivity index (χ1n) is 6.20. The first-order valence-corrected chi connectivity index (χ1v) is 7.46. The number of ether oxygens (including phenoxy) is 2. The van der Waals surface area contributed by atoms with Gasteiger partial charge < -0.3 is 14.8 Å². The summed E-state index contributed by atoms with van der Waals surface area (Å²) in [5, 5.41) is 4.05. The van der Waals surface area contributed by atoms with Crippen molar-refractivity contribution in [3.05, 3.63) is 45.6 Å². The van der Waals surface area contributed by atoms with Crippen LogP contribution in [0, 0.1) is 0 Å². The van der Waals surface area contributed by atoms with Gasteiger partial charge in [-0.2, -0.15) is 8.78 Å². The number of esters is 1. The molecule has 0 aliphatic carbocycles. The molecule has 2 aromatic rings. The van der Waals surface area contributed by atoms with Crippen LogP contribution in [0.1, 0.15) is 9.67 Å². The van der Waals surface area contributed by atoms with Gasteiger partial charge in [0.15, 0.2) is 6.61 Å². The minimum Gasteiger partial charge on any atom is -0.451 e. The lowest BCUT2D eigenvalue weighted by molar-refractivity contribution is -0.119. The van der Waals surface area contributed by atoms with Crippen molar-refractivity contribution in [1.29, 1.82) is 0 Å². The highest BCUT2D eigenvalue weighted by atomic mass is 35.5. The number of benzene rings is 1. The highest BCUT2D eigenvalue weighted by Crippen LogP contribution is 2.28. The molecule has 0 atom stereocenters. The lowest BCUT2D eigenvalue weighted by Crippen LogP contribution is -2.20. The summed E-state index contributed by atoms with van der Waals surface area (Å²) >= 11 is 6.95. The molecule has 0 unspecified atom stereocenters. The molecule has 1 aromatic carbocycles. The number of thiophene rings is 1. The monoisotopic (exact) mass is 361 g/mol. The number of hydrogen-bond donors (Lipinski definition) is 1. The maximum absolute atomic E-state index is 12.1. The average Bonchev–Trinajstić information content (AvgIpc) is 3.01. The van der Waals surface area contributed by atoms with Gasteiger partial charge >= 0.3 is 12.6 Å². The van der Waals surface area contributed by atoms with E-state index in [1.807, 2.05) is 0 Å². The molecule has 0 aliphatic rings. The van der Waals surface area contributed by atoms with Crippen LogP contribution in [-0.2, 0) is 9.53 Å². The third kappa shape index (κ3) is 5.19. The Morgan fingerprint density at radius 3 is 2.70 bits per heavy atom. The van der Waals surface area contributed by atoms with Crippen molar-refractivity contribution in [2.45, 2.75) is 6.61 Å². The molecule has 2 rings (SSSR count). The predicted octanol–water partition coefficient (Wildman–Crippen LogP) is 3.80. The fraction of sp³-hybridized carbons (Fsp3) is 0.143. The molecule has 0 saturated heterocycles. The van der Waals surface area contributed by atoms with Gasteiger partial charge in [0.25, 0.3) is 5.91 Å². The van der Waals surface area contributed by atoms with E-state index < -0.39 is 25.1 Å². The zero-order valence-corrected chi connectivity index (χ0v) is 13.0. The standard InChI is InChI=1S/C14H10ClF2NO4S/c15-9-6-8(3-4-10(9)22-14(16)17)18-12(19)7-21-13(20)11-2-1-5-23-11/h1-6,14H,7H2,(H,18,19). The van der Waals surface area contributed by atoms with Crippen molar-refractivity contribution >= 4 is 40.5 Å². The first-order chi connectivity index (χ1) is 11.0. The number of carbonyl (C=O) groups is 2. The van der Waals surface area contributed by atoms with E-state index in [0.717, 1.165) is 0 Å². The smallest absolute Gasteiger partial charge is 0.387 e. The van der Waals surface area contributed by atoms with Crippen molar-refractivity contribution < 1.29 is 27.8 Å². The van der Waals surface area contributed by atoms with E-state index in [2.05, 4.69) is 10.1 Å². The van der Waals surface area contributed by atoms with Gasteiger partial charge in [-0.3, -0.25) is 4.79 Å². The van der Waals surface area contributed by atoms with Crippen LogP contribution in [0.5, 0.6) is 5.75 Å². The highest BCUT2D eigenvalue weighted by Gasteiger charge is 2.13. The van der Waals surface area contributed by atoms with Crippen LogP contribution in [0.3, 0.4) is 0 Å². The van der Waals surface area contributed by atoms with E-state index >= 15 is 0 Å². The van der Waals surface area contributed by atoms with Gasteiger partial charge in [-0.25, -0.2) is 4.79 Å². The fourth-order valence-electron chi connectivity index (χ4n) is 1.56. The molecular formula is C14H10ClF2NO4S. The summed E-state index contributed by atoms with van der Waals surface area (Å²) in [6.45, 7) is -3.48. The minimum atomic E-state index is -3.00. The number of amides is 1. The Balaban J connectivity index is 1.87. The SMILES string of the molecule is O=C(COC(=O)c1cccs1)Nc1ccc(OC(F)F)c(Cl)c1. The number of nitrogens with one attached hydrogen (secondary N) is 1. The zero-order valence-electron chi connectivity index (χ0n) is 11.4. The second kappa shape index (κ2) is 7.89. The topological polar surface area (TPSA) is 64.6 Å². The molecule has 9 heteroatoms. The maximum atomic E-state index is 12.1. The van der Waals surface area contributed by atoms with Crippen LogP contribution >= 0.6 is 22.9 Å². The quantitative estimate of drug-likeness (QED) is 0.795. The van der Waals surface area contributed by atoms with Crippen LogP contribution < -0.4 is 10.1 Å². The minimum absolute atomic E-state index is 0.0846. The molecule has 23 heavy (non-hydrogen) atoms. The Kier molecular flexibility index (Phi) is 5.89. The Bertz CT molecular complexity index is 694. The van der Waals surface area contributed by atoms with Gasteiger partial charge in [-0.1, -0.05) is 17.7 Å². The van der Waals surface area contributed by atoms with Crippen molar-refractivity contribution in [3.63, 3.8) is 0 Å². The summed E-state index contributed by atoms with van der Waals surface area (Å²) in [7, 11) is 0. The van der Waals surface area contributed by atoms with Crippen LogP contribution in [0.15, 0.2) is 35.7 Å². The van der Waals surface area contributed by atoms with Crippen LogP contribution in [0.4, 0.5) is 14.5 Å². The van der Waals surface area contributed by atoms with E-state index in [9.17, 15) is 18.4 Å². The van der Waals surface area contributed by atoms with Crippen molar-refractivity contribution in [2.75, 3.05) is 11.9 Å². The third-order valence-corrected chi connectivity index (χ3v) is 3.63. The van der Waals surface area contributed by atoms with E-state index in [1.165, 1.54) is 29.5 Å². The summed E-state index contributed by atoms with van der Waals surface area (Å²) in [5.74, 6) is -1.40. The van der Waals surface area contributed by atoms with Gasteiger partial charge in [0.2, 0.25) is 0 Å². The first kappa shape index (κ1) is 17.2. The number of halogens is 3. The van der Waals surface area contributed by atoms with E-state index in [0.29, 0.717) is 4.88 Å². The van der Waals surface area contributed by atoms with Gasteiger partial charge in [0, 0.05) is 5.69 Å². The Morgan fingerprint density at radius 1 is 1.30 bits per heavy atom. The number of hydrogen-bond acceptors (Lipinski definition) is 5. The van der Waals surface area contributed by atoms with Gasteiger partial charge in [0.1, 0.15) is 10.6 Å². The molecule has 0 spiro atoms. The molecule has 122 valence electrons. The molecule has 1 N–H and O–H groups in total. The summed E-state index contributed by atoms with van der Waals surface area (Å²) in [6.07, 6.45) is 0. The second-order valence-electron chi connectivity index (χ2n) is 4.13. The zero-order chi connectivity index (χ0) is 16.8. The van der Waals surface area contributed by atoms with Crippen molar-refractivity contribution in [1.82, 2.24) is 0 Å². The molecule has 0 fully saturated rings. The molecule has 1 aromatic heterocycles. The van der Waals surface area contributed by atoms with Crippen LogP contribution in [0.25, 0.3) is 0 Å². The normalized spacial score (nSPS) is 10.4. The van der Waals surface area contributed by atoms with Crippen molar-refractivity contribution in [3.8, 4) is 5.75 Å². The Morgan fingerprint density at radius 2 is 2.09 bits per heavy atom. The molecule has 0 saturated carbocycles. The Labute approximate surface area is 138 Å². The van der Waals surface area contributed by atoms with Gasteiger partial charge in [0.05, 0.1) is 5.02 Å². The van der Waals surface area contributed by atoms with Crippen molar-refractivity contribution in [2.24, 2.45) is 0 Å². The molecule has 0 bridgehead atoms. The second-order valence-corrected chi connectivity index (χ2v) is 5.48. The summed E-state index contributed by atoms with van der Waals surface area (Å²) < 4.78 is 33.2. The summed E-state index contributed by atoms with van der Waals surface area (Å²) in [5.41, 5.74) is 0.258. The summed E-state index contributed by atoms with van der Waals surface area (Å²) in [6, 6.07) is 7.04. The highest BCUT2D eigenvalue weighted by molar-refractivity contribution is 7.11.